The third kappa shape index (κ3) is 7.37. The first-order valence-corrected chi connectivity index (χ1v) is 19.4. The summed E-state index contributed by atoms with van der Waals surface area (Å²) in [5.41, 5.74) is -1.54. The Morgan fingerprint density at radius 1 is 0.875 bits per heavy atom. The number of rotatable bonds is 13. The summed E-state index contributed by atoms with van der Waals surface area (Å²) >= 11 is 0. The van der Waals surface area contributed by atoms with Gasteiger partial charge in [0, 0.05) is 11.8 Å². The van der Waals surface area contributed by atoms with Crippen LogP contribution in [-0.4, -0.2) is 59.0 Å². The second-order valence-electron chi connectivity index (χ2n) is 16.8. The van der Waals surface area contributed by atoms with E-state index < -0.39 is 47.8 Å². The summed E-state index contributed by atoms with van der Waals surface area (Å²) in [6, 6.07) is 0. The lowest BCUT2D eigenvalue weighted by Gasteiger charge is -2.60. The van der Waals surface area contributed by atoms with Crippen molar-refractivity contribution in [1.82, 2.24) is 0 Å². The van der Waals surface area contributed by atoms with Crippen LogP contribution < -0.4 is 0 Å². The third-order valence-corrected chi connectivity index (χ3v) is 13.4. The van der Waals surface area contributed by atoms with Crippen molar-refractivity contribution in [3.05, 3.63) is 11.6 Å². The number of halogens is 1. The predicted molar refractivity (Wildman–Crippen MR) is 183 cm³/mol. The largest absolute Gasteiger partial charge is 0.456 e. The molecule has 1 N–H and O–H groups in total. The highest BCUT2D eigenvalue weighted by atomic mass is 19.1. The van der Waals surface area contributed by atoms with Crippen LogP contribution in [0.4, 0.5) is 4.39 Å². The first-order chi connectivity index (χ1) is 22.8. The van der Waals surface area contributed by atoms with Gasteiger partial charge in [-0.05, 0) is 93.6 Å². The Hall–Kier alpha value is -1.64. The van der Waals surface area contributed by atoms with E-state index in [1.165, 1.54) is 51.4 Å². The van der Waals surface area contributed by atoms with Crippen LogP contribution in [-0.2, 0) is 28.6 Å². The van der Waals surface area contributed by atoms with Crippen LogP contribution in [0.25, 0.3) is 0 Å². The van der Waals surface area contributed by atoms with Gasteiger partial charge in [0.05, 0.1) is 6.10 Å². The summed E-state index contributed by atoms with van der Waals surface area (Å²) in [7, 11) is 0. The molecule has 2 unspecified atom stereocenters. The maximum Gasteiger partial charge on any atom is 0.338 e. The minimum Gasteiger partial charge on any atom is -0.456 e. The molecule has 0 aromatic carbocycles. The van der Waals surface area contributed by atoms with Crippen molar-refractivity contribution in [1.29, 1.82) is 0 Å². The van der Waals surface area contributed by atoms with E-state index in [-0.39, 0.29) is 34.7 Å². The van der Waals surface area contributed by atoms with E-state index in [1.807, 2.05) is 0 Å². The second kappa shape index (κ2) is 15.3. The Morgan fingerprint density at radius 2 is 1.50 bits per heavy atom. The molecule has 1 aliphatic heterocycles. The number of fused-ring (bicyclic) bond motifs is 6. The summed E-state index contributed by atoms with van der Waals surface area (Å²) < 4.78 is 34.5. The molecule has 0 aromatic rings. The number of Topliss-reactive ketones (excluding diaryl/α,β-unsaturated/α-hetero) is 1. The van der Waals surface area contributed by atoms with Gasteiger partial charge in [-0.3, -0.25) is 9.59 Å². The number of aliphatic hydroxyl groups is 1. The fourth-order valence-corrected chi connectivity index (χ4v) is 10.8. The zero-order chi connectivity index (χ0) is 34.7. The van der Waals surface area contributed by atoms with Crippen molar-refractivity contribution < 1.29 is 38.1 Å². The SMILES string of the molecule is CCCCCCCCCCCCCC(O)C1OC(C)(C)O[C@@]2(CC[C@H]3[C@@H]4C[C@H](F)C5=CC(=O)CC[C@]5(C)[C@H]4CC[C@@]32C)C(=O)COC1=O. The lowest BCUT2D eigenvalue weighted by atomic mass is 9.46. The molecule has 8 heteroatoms. The summed E-state index contributed by atoms with van der Waals surface area (Å²) in [6.45, 7) is 9.50. The molecule has 4 aliphatic carbocycles. The Balaban J connectivity index is 1.22. The number of ether oxygens (including phenoxy) is 3. The van der Waals surface area contributed by atoms with Crippen molar-refractivity contribution in [2.45, 2.75) is 186 Å². The molecular weight excluding hydrogens is 611 g/mol. The number of esters is 1. The molecule has 1 saturated heterocycles. The highest BCUT2D eigenvalue weighted by Crippen LogP contribution is 2.69. The molecule has 0 amide bonds. The van der Waals surface area contributed by atoms with E-state index >= 15 is 4.39 Å². The summed E-state index contributed by atoms with van der Waals surface area (Å²) in [5, 5.41) is 11.2. The number of aliphatic hydroxyl groups excluding tert-OH is 1. The van der Waals surface area contributed by atoms with E-state index in [2.05, 4.69) is 20.8 Å². The van der Waals surface area contributed by atoms with Crippen LogP contribution in [0.3, 0.4) is 0 Å². The Bertz CT molecular complexity index is 1200. The summed E-state index contributed by atoms with van der Waals surface area (Å²) in [4.78, 5) is 39.8. The van der Waals surface area contributed by atoms with Gasteiger partial charge in [0.1, 0.15) is 11.8 Å². The molecule has 48 heavy (non-hydrogen) atoms. The number of hydrogen-bond acceptors (Lipinski definition) is 7. The van der Waals surface area contributed by atoms with Gasteiger partial charge in [0.25, 0.3) is 0 Å². The Kier molecular flexibility index (Phi) is 12.0. The Labute approximate surface area is 288 Å². The molecule has 0 aromatic heterocycles. The van der Waals surface area contributed by atoms with E-state index in [1.54, 1.807) is 19.9 Å². The number of allylic oxidation sites excluding steroid dienone is 1. The number of carbonyl (C=O) groups is 3. The van der Waals surface area contributed by atoms with Crippen molar-refractivity contribution in [3.63, 3.8) is 0 Å². The second-order valence-corrected chi connectivity index (χ2v) is 16.8. The number of cyclic esters (lactones) is 1. The van der Waals surface area contributed by atoms with Crippen molar-refractivity contribution in [2.75, 3.05) is 6.61 Å². The third-order valence-electron chi connectivity index (χ3n) is 13.4. The smallest absolute Gasteiger partial charge is 0.338 e. The first kappa shape index (κ1) is 37.6. The van der Waals surface area contributed by atoms with Gasteiger partial charge in [-0.25, -0.2) is 9.18 Å². The number of carbonyl (C=O) groups excluding carboxylic acids is 3. The number of ketones is 2. The molecule has 272 valence electrons. The van der Waals surface area contributed by atoms with Crippen molar-refractivity contribution in [3.8, 4) is 0 Å². The minimum atomic E-state index is -1.35. The van der Waals surface area contributed by atoms with Crippen molar-refractivity contribution >= 4 is 17.5 Å². The zero-order valence-corrected chi connectivity index (χ0v) is 30.5. The summed E-state index contributed by atoms with van der Waals surface area (Å²) in [5.74, 6) is -2.00. The number of alkyl halides is 1. The highest BCUT2D eigenvalue weighted by Gasteiger charge is 2.69. The first-order valence-electron chi connectivity index (χ1n) is 19.4. The minimum absolute atomic E-state index is 0.0210. The molecule has 5 aliphatic rings. The molecule has 1 spiro atoms. The van der Waals surface area contributed by atoms with Gasteiger partial charge >= 0.3 is 5.97 Å². The van der Waals surface area contributed by atoms with E-state index in [4.69, 9.17) is 14.2 Å². The van der Waals surface area contributed by atoms with Crippen LogP contribution in [0, 0.1) is 28.6 Å². The lowest BCUT2D eigenvalue weighted by molar-refractivity contribution is -0.305. The van der Waals surface area contributed by atoms with E-state index in [0.29, 0.717) is 50.5 Å². The Morgan fingerprint density at radius 3 is 2.17 bits per heavy atom. The monoisotopic (exact) mass is 674 g/mol. The molecule has 4 fully saturated rings. The van der Waals surface area contributed by atoms with Crippen LogP contribution in [0.2, 0.25) is 0 Å². The predicted octanol–water partition coefficient (Wildman–Crippen LogP) is 8.53. The molecule has 3 saturated carbocycles. The van der Waals surface area contributed by atoms with Gasteiger partial charge in [0.15, 0.2) is 24.3 Å². The van der Waals surface area contributed by atoms with Crippen LogP contribution in [0.5, 0.6) is 0 Å². The van der Waals surface area contributed by atoms with Crippen LogP contribution in [0.1, 0.15) is 157 Å². The van der Waals surface area contributed by atoms with Crippen molar-refractivity contribution in [2.24, 2.45) is 28.6 Å². The zero-order valence-electron chi connectivity index (χ0n) is 30.5. The maximum absolute atomic E-state index is 15.9. The van der Waals surface area contributed by atoms with Crippen LogP contribution in [0.15, 0.2) is 11.6 Å². The molecule has 0 radical (unpaired) electrons. The quantitative estimate of drug-likeness (QED) is 0.154. The molecule has 9 atom stereocenters. The van der Waals surface area contributed by atoms with E-state index in [0.717, 1.165) is 25.7 Å². The fraction of sp³-hybridized carbons (Fsp3) is 0.875. The van der Waals surface area contributed by atoms with Gasteiger partial charge in [0.2, 0.25) is 5.78 Å². The topological polar surface area (TPSA) is 99.1 Å². The normalized spacial score (nSPS) is 38.6. The van der Waals surface area contributed by atoms with Crippen LogP contribution >= 0.6 is 0 Å². The molecule has 5 rings (SSSR count). The van der Waals surface area contributed by atoms with Gasteiger partial charge < -0.3 is 19.3 Å². The summed E-state index contributed by atoms with van der Waals surface area (Å²) in [6.07, 6.45) is 15.8. The fourth-order valence-electron chi connectivity index (χ4n) is 10.8. The highest BCUT2D eigenvalue weighted by molar-refractivity contribution is 5.92. The van der Waals surface area contributed by atoms with Gasteiger partial charge in [-0.2, -0.15) is 0 Å². The molecule has 1 heterocycles. The van der Waals surface area contributed by atoms with E-state index in [9.17, 15) is 19.5 Å². The molecular formula is C40H63FO7. The van der Waals surface area contributed by atoms with Gasteiger partial charge in [-0.1, -0.05) is 91.4 Å². The average Bonchev–Trinajstić information content (AvgIpc) is 3.35. The molecule has 0 bridgehead atoms. The maximum atomic E-state index is 15.9. The standard InChI is InChI=1S/C40H63FO7/c1-6-7-8-9-10-11-12-13-14-15-16-17-33(43)35-36(45)46-26-34(44)40(48-37(2,3)47-35)23-20-30-28-25-32(41)31-24-27(42)18-21-38(31,4)29(28)19-22-39(30,40)5/h24,28-30,32-33,35,43H,6-23,25-26H2,1-5H3/t28-,29+,30+,32+,33?,35?,38-,39+,40+/m1/s1. The van der Waals surface area contributed by atoms with Gasteiger partial charge in [-0.15, -0.1) is 0 Å². The average molecular weight is 675 g/mol. The lowest BCUT2D eigenvalue weighted by Crippen LogP contribution is -2.62. The number of unbranched alkanes of at least 4 members (excludes halogenated alkanes) is 10. The number of hydrogen-bond donors (Lipinski definition) is 1. The molecule has 7 nitrogen and oxygen atoms in total.